The van der Waals surface area contributed by atoms with E-state index in [4.69, 9.17) is 15.9 Å². The van der Waals surface area contributed by atoms with Gasteiger partial charge in [-0.05, 0) is 17.7 Å². The van der Waals surface area contributed by atoms with Crippen molar-refractivity contribution >= 4 is 0 Å². The maximum Gasteiger partial charge on any atom is 0.168 e. The van der Waals surface area contributed by atoms with Crippen LogP contribution >= 0.6 is 0 Å². The van der Waals surface area contributed by atoms with E-state index < -0.39 is 0 Å². The van der Waals surface area contributed by atoms with E-state index in [-0.39, 0.29) is 0 Å². The molecule has 0 spiro atoms. The summed E-state index contributed by atoms with van der Waals surface area (Å²) < 4.78 is 10.9. The Balaban J connectivity index is 2.61. The van der Waals surface area contributed by atoms with Crippen LogP contribution in [-0.2, 0) is 6.42 Å². The van der Waals surface area contributed by atoms with Crippen molar-refractivity contribution in [1.82, 2.24) is 4.98 Å². The third-order valence-electron chi connectivity index (χ3n) is 2.89. The largest absolute Gasteiger partial charge is 0.493 e. The van der Waals surface area contributed by atoms with Gasteiger partial charge >= 0.3 is 0 Å². The number of hydrogen-bond acceptors (Lipinski definition) is 3. The molecule has 0 aliphatic heterocycles. The molecule has 2 aromatic rings. The van der Waals surface area contributed by atoms with E-state index in [0.29, 0.717) is 17.9 Å². The van der Waals surface area contributed by atoms with Crippen molar-refractivity contribution in [3.8, 4) is 35.0 Å². The number of methoxy groups -OCH3 is 2. The molecule has 19 heavy (non-hydrogen) atoms. The predicted octanol–water partition coefficient (Wildman–Crippen LogP) is 2.94. The fourth-order valence-corrected chi connectivity index (χ4v) is 2.04. The minimum Gasteiger partial charge on any atom is -0.493 e. The number of pyridine rings is 1. The Labute approximate surface area is 113 Å². The van der Waals surface area contributed by atoms with Crippen LogP contribution in [0, 0.1) is 12.3 Å². The summed E-state index contributed by atoms with van der Waals surface area (Å²) in [4.78, 5) is 4.02. The van der Waals surface area contributed by atoms with Crippen LogP contribution in [0.5, 0.6) is 11.5 Å². The zero-order valence-electron chi connectivity index (χ0n) is 11.0. The summed E-state index contributed by atoms with van der Waals surface area (Å²) in [6.07, 6.45) is 9.37. The molecule has 0 amide bonds. The highest BCUT2D eigenvalue weighted by molar-refractivity contribution is 5.75. The van der Waals surface area contributed by atoms with Gasteiger partial charge in [0.25, 0.3) is 0 Å². The summed E-state index contributed by atoms with van der Waals surface area (Å²) in [5, 5.41) is 0. The average molecular weight is 253 g/mol. The number of benzene rings is 1. The minimum atomic E-state index is 0.510. The van der Waals surface area contributed by atoms with E-state index in [9.17, 15) is 0 Å². The van der Waals surface area contributed by atoms with Crippen LogP contribution in [-0.4, -0.2) is 19.2 Å². The van der Waals surface area contributed by atoms with Gasteiger partial charge in [0.1, 0.15) is 0 Å². The molecule has 0 atom stereocenters. The van der Waals surface area contributed by atoms with Gasteiger partial charge < -0.3 is 9.47 Å². The van der Waals surface area contributed by atoms with E-state index in [1.54, 1.807) is 26.6 Å². The van der Waals surface area contributed by atoms with Crippen molar-refractivity contribution in [2.24, 2.45) is 0 Å². The van der Waals surface area contributed by atoms with Crippen LogP contribution in [0.25, 0.3) is 11.1 Å². The van der Waals surface area contributed by atoms with Crippen molar-refractivity contribution in [1.29, 1.82) is 0 Å². The summed E-state index contributed by atoms with van der Waals surface area (Å²) in [5.41, 5.74) is 2.93. The maximum atomic E-state index is 5.49. The number of nitrogens with zero attached hydrogens (tertiary/aromatic N) is 1. The maximum absolute atomic E-state index is 5.49. The third kappa shape index (κ3) is 2.53. The van der Waals surface area contributed by atoms with Gasteiger partial charge in [-0.2, -0.15) is 0 Å². The summed E-state index contributed by atoms with van der Waals surface area (Å²) >= 11 is 0. The van der Waals surface area contributed by atoms with Crippen molar-refractivity contribution < 1.29 is 9.47 Å². The molecule has 0 N–H and O–H groups in total. The summed E-state index contributed by atoms with van der Waals surface area (Å²) in [7, 11) is 3.25. The van der Waals surface area contributed by atoms with Gasteiger partial charge in [-0.1, -0.05) is 12.1 Å². The second-order valence-corrected chi connectivity index (χ2v) is 3.96. The molecule has 1 heterocycles. The molecule has 3 nitrogen and oxygen atoms in total. The van der Waals surface area contributed by atoms with Crippen LogP contribution in [0.4, 0.5) is 0 Å². The van der Waals surface area contributed by atoms with Gasteiger partial charge in [0.15, 0.2) is 11.5 Å². The van der Waals surface area contributed by atoms with Crippen LogP contribution in [0.3, 0.4) is 0 Å². The van der Waals surface area contributed by atoms with E-state index in [1.807, 2.05) is 24.3 Å². The first-order valence-corrected chi connectivity index (χ1v) is 5.89. The molecular formula is C16H15NO2. The molecule has 0 fully saturated rings. The smallest absolute Gasteiger partial charge is 0.168 e. The van der Waals surface area contributed by atoms with Gasteiger partial charge in [0, 0.05) is 29.9 Å². The van der Waals surface area contributed by atoms with E-state index in [1.165, 1.54) is 0 Å². The normalized spacial score (nSPS) is 9.74. The van der Waals surface area contributed by atoms with Crippen molar-refractivity contribution in [3.63, 3.8) is 0 Å². The molecule has 0 aliphatic carbocycles. The van der Waals surface area contributed by atoms with Crippen molar-refractivity contribution in [2.75, 3.05) is 14.2 Å². The molecule has 0 saturated heterocycles. The lowest BCUT2D eigenvalue weighted by Gasteiger charge is -2.15. The molecule has 0 unspecified atom stereocenters. The zero-order valence-corrected chi connectivity index (χ0v) is 11.0. The fourth-order valence-electron chi connectivity index (χ4n) is 2.04. The molecule has 0 saturated carbocycles. The summed E-state index contributed by atoms with van der Waals surface area (Å²) in [6.45, 7) is 0. The Morgan fingerprint density at radius 1 is 1.05 bits per heavy atom. The standard InChI is InChI=1S/C16H15NO2/c1-4-5-13-6-7-14(12-8-10-17-11-9-12)16(19-3)15(13)18-2/h1,6-11H,5H2,2-3H3. The number of rotatable bonds is 4. The SMILES string of the molecule is C#CCc1ccc(-c2ccncc2)c(OC)c1OC. The van der Waals surface area contributed by atoms with Crippen molar-refractivity contribution in [3.05, 3.63) is 42.2 Å². The minimum absolute atomic E-state index is 0.510. The summed E-state index contributed by atoms with van der Waals surface area (Å²) in [5.74, 6) is 4.01. The first kappa shape index (κ1) is 13.0. The molecule has 0 bridgehead atoms. The Morgan fingerprint density at radius 2 is 1.74 bits per heavy atom. The van der Waals surface area contributed by atoms with Crippen LogP contribution in [0.15, 0.2) is 36.7 Å². The van der Waals surface area contributed by atoms with Crippen LogP contribution in [0.2, 0.25) is 0 Å². The van der Waals surface area contributed by atoms with E-state index in [0.717, 1.165) is 16.7 Å². The molecule has 1 aromatic carbocycles. The van der Waals surface area contributed by atoms with Gasteiger partial charge in [0.2, 0.25) is 0 Å². The lowest BCUT2D eigenvalue weighted by molar-refractivity contribution is 0.353. The summed E-state index contributed by atoms with van der Waals surface area (Å²) in [6, 6.07) is 7.82. The Kier molecular flexibility index (Phi) is 4.04. The Hall–Kier alpha value is -2.47. The molecule has 0 aliphatic rings. The van der Waals surface area contributed by atoms with Gasteiger partial charge in [0.05, 0.1) is 14.2 Å². The Morgan fingerprint density at radius 3 is 2.32 bits per heavy atom. The van der Waals surface area contributed by atoms with E-state index in [2.05, 4.69) is 10.9 Å². The molecule has 0 radical (unpaired) electrons. The number of hydrogen-bond donors (Lipinski definition) is 0. The molecule has 2 rings (SSSR count). The third-order valence-corrected chi connectivity index (χ3v) is 2.89. The molecular weight excluding hydrogens is 238 g/mol. The lowest BCUT2D eigenvalue weighted by atomic mass is 10.0. The average Bonchev–Trinajstić information content (AvgIpc) is 2.47. The highest BCUT2D eigenvalue weighted by atomic mass is 16.5. The Bertz CT molecular complexity index is 600. The fraction of sp³-hybridized carbons (Fsp3) is 0.188. The van der Waals surface area contributed by atoms with Crippen LogP contribution in [0.1, 0.15) is 5.56 Å². The number of aromatic nitrogens is 1. The second kappa shape index (κ2) is 5.92. The quantitative estimate of drug-likeness (QED) is 0.785. The highest BCUT2D eigenvalue weighted by Gasteiger charge is 2.15. The first-order valence-electron chi connectivity index (χ1n) is 5.89. The first-order chi connectivity index (χ1) is 9.31. The number of terminal acetylenes is 1. The van der Waals surface area contributed by atoms with Gasteiger partial charge in [-0.25, -0.2) is 0 Å². The topological polar surface area (TPSA) is 31.4 Å². The van der Waals surface area contributed by atoms with E-state index >= 15 is 0 Å². The highest BCUT2D eigenvalue weighted by Crippen LogP contribution is 2.40. The monoisotopic (exact) mass is 253 g/mol. The van der Waals surface area contributed by atoms with Gasteiger partial charge in [-0.15, -0.1) is 12.3 Å². The molecule has 1 aromatic heterocycles. The van der Waals surface area contributed by atoms with Crippen LogP contribution < -0.4 is 9.47 Å². The molecule has 3 heteroatoms. The molecule has 96 valence electrons. The number of ether oxygens (including phenoxy) is 2. The second-order valence-electron chi connectivity index (χ2n) is 3.96. The zero-order chi connectivity index (χ0) is 13.7. The van der Waals surface area contributed by atoms with Crippen molar-refractivity contribution in [2.45, 2.75) is 6.42 Å². The van der Waals surface area contributed by atoms with Gasteiger partial charge in [-0.3, -0.25) is 4.98 Å². The lowest BCUT2D eigenvalue weighted by Crippen LogP contribution is -1.98. The predicted molar refractivity (Wildman–Crippen MR) is 75.3 cm³/mol.